The second kappa shape index (κ2) is 11.4. The number of anilines is 4. The van der Waals surface area contributed by atoms with Crippen molar-refractivity contribution in [1.82, 2.24) is 20.3 Å². The first-order valence-electron chi connectivity index (χ1n) is 12.2. The van der Waals surface area contributed by atoms with Crippen LogP contribution in [0.3, 0.4) is 0 Å². The molecule has 0 radical (unpaired) electrons. The van der Waals surface area contributed by atoms with Gasteiger partial charge in [0.25, 0.3) is 0 Å². The molecule has 1 saturated heterocycles. The van der Waals surface area contributed by atoms with Gasteiger partial charge >= 0.3 is 0 Å². The van der Waals surface area contributed by atoms with Crippen molar-refractivity contribution in [2.75, 3.05) is 36.1 Å². The van der Waals surface area contributed by atoms with Gasteiger partial charge in [0.2, 0.25) is 17.8 Å². The van der Waals surface area contributed by atoms with Crippen molar-refractivity contribution in [3.63, 3.8) is 0 Å². The summed E-state index contributed by atoms with van der Waals surface area (Å²) in [4.78, 5) is 13.8. The Morgan fingerprint density at radius 1 is 1.06 bits per heavy atom. The van der Waals surface area contributed by atoms with E-state index in [1.807, 2.05) is 0 Å². The molecule has 1 aromatic carbocycles. The third-order valence-electron chi connectivity index (χ3n) is 6.66. The van der Waals surface area contributed by atoms with E-state index in [4.69, 9.17) is 4.74 Å². The number of methoxy groups -OCH3 is 1. The number of nitrogens with one attached hydrogen (secondary N) is 4. The molecule has 2 fully saturated rings. The van der Waals surface area contributed by atoms with Crippen molar-refractivity contribution in [1.29, 1.82) is 0 Å². The molecule has 1 aliphatic carbocycles. The SMILES string of the molecule is CC[C@H](Nc1nc(NCC2CCCCC2)nc(Nc2ccc(OC)c(F)c2)n1)C1CCCN1. The Kier molecular flexibility index (Phi) is 8.15. The zero-order valence-corrected chi connectivity index (χ0v) is 19.7. The van der Waals surface area contributed by atoms with E-state index in [0.29, 0.717) is 35.5 Å². The first-order chi connectivity index (χ1) is 16.1. The van der Waals surface area contributed by atoms with Crippen LogP contribution in [-0.4, -0.2) is 47.2 Å². The first kappa shape index (κ1) is 23.5. The number of rotatable bonds is 10. The summed E-state index contributed by atoms with van der Waals surface area (Å²) in [6, 6.07) is 5.33. The van der Waals surface area contributed by atoms with Crippen LogP contribution in [-0.2, 0) is 0 Å². The number of ether oxygens (including phenoxy) is 1. The first-order valence-corrected chi connectivity index (χ1v) is 12.2. The number of aromatic nitrogens is 3. The normalized spacial score (nSPS) is 19.8. The quantitative estimate of drug-likeness (QED) is 0.408. The topological polar surface area (TPSA) is 96.0 Å². The highest BCUT2D eigenvalue weighted by atomic mass is 19.1. The summed E-state index contributed by atoms with van der Waals surface area (Å²) in [5, 5.41) is 13.6. The van der Waals surface area contributed by atoms with E-state index >= 15 is 0 Å². The molecular formula is C24H36FN7O. The maximum atomic E-state index is 14.2. The second-order valence-electron chi connectivity index (χ2n) is 9.03. The highest BCUT2D eigenvalue weighted by molar-refractivity contribution is 5.57. The van der Waals surface area contributed by atoms with Crippen LogP contribution in [0, 0.1) is 11.7 Å². The average Bonchev–Trinajstić information content (AvgIpc) is 3.37. The fraction of sp³-hybridized carbons (Fsp3) is 0.625. The van der Waals surface area contributed by atoms with E-state index < -0.39 is 5.82 Å². The highest BCUT2D eigenvalue weighted by Crippen LogP contribution is 2.25. The summed E-state index contributed by atoms with van der Waals surface area (Å²) < 4.78 is 19.2. The Balaban J connectivity index is 1.52. The van der Waals surface area contributed by atoms with E-state index in [1.165, 1.54) is 51.7 Å². The van der Waals surface area contributed by atoms with Gasteiger partial charge in [-0.05, 0) is 56.7 Å². The predicted molar refractivity (Wildman–Crippen MR) is 130 cm³/mol. The summed E-state index contributed by atoms with van der Waals surface area (Å²) in [7, 11) is 1.45. The standard InChI is InChI=1S/C24H36FN7O/c1-3-19(20-10-7-13-26-20)29-24-31-22(27-15-16-8-5-4-6-9-16)30-23(32-24)28-17-11-12-21(33-2)18(25)14-17/h11-12,14,16,19-20,26H,3-10,13,15H2,1-2H3,(H3,27,28,29,30,31,32)/t19-,20?/m0/s1. The van der Waals surface area contributed by atoms with Crippen molar-refractivity contribution in [2.24, 2.45) is 5.92 Å². The number of hydrogen-bond donors (Lipinski definition) is 4. The van der Waals surface area contributed by atoms with Gasteiger partial charge in [-0.15, -0.1) is 0 Å². The lowest BCUT2D eigenvalue weighted by atomic mass is 9.89. The Morgan fingerprint density at radius 3 is 2.55 bits per heavy atom. The summed E-state index contributed by atoms with van der Waals surface area (Å²) in [5.74, 6) is 1.83. The van der Waals surface area contributed by atoms with Crippen LogP contribution in [0.4, 0.5) is 27.9 Å². The zero-order chi connectivity index (χ0) is 23.0. The maximum absolute atomic E-state index is 14.2. The van der Waals surface area contributed by atoms with Gasteiger partial charge in [0, 0.05) is 30.4 Å². The van der Waals surface area contributed by atoms with Gasteiger partial charge in [0.1, 0.15) is 0 Å². The van der Waals surface area contributed by atoms with Crippen molar-refractivity contribution in [2.45, 2.75) is 70.4 Å². The third-order valence-corrected chi connectivity index (χ3v) is 6.66. The molecular weight excluding hydrogens is 421 g/mol. The van der Waals surface area contributed by atoms with Crippen molar-refractivity contribution in [3.8, 4) is 5.75 Å². The summed E-state index contributed by atoms with van der Waals surface area (Å²) in [5.41, 5.74) is 0.549. The molecule has 1 aliphatic heterocycles. The number of hydrogen-bond acceptors (Lipinski definition) is 8. The molecule has 4 rings (SSSR count). The number of nitrogens with zero attached hydrogens (tertiary/aromatic N) is 3. The van der Waals surface area contributed by atoms with E-state index in [-0.39, 0.29) is 11.8 Å². The molecule has 1 unspecified atom stereocenters. The monoisotopic (exact) mass is 457 g/mol. The molecule has 2 heterocycles. The van der Waals surface area contributed by atoms with Crippen LogP contribution in [0.5, 0.6) is 5.75 Å². The van der Waals surface area contributed by atoms with E-state index in [1.54, 1.807) is 12.1 Å². The maximum Gasteiger partial charge on any atom is 0.233 e. The summed E-state index contributed by atoms with van der Waals surface area (Å²) in [6.45, 7) is 4.06. The Labute approximate surface area is 195 Å². The zero-order valence-electron chi connectivity index (χ0n) is 19.7. The molecule has 2 aliphatic rings. The minimum absolute atomic E-state index is 0.197. The lowest BCUT2D eigenvalue weighted by Gasteiger charge is -2.24. The fourth-order valence-corrected chi connectivity index (χ4v) is 4.78. The van der Waals surface area contributed by atoms with Crippen LogP contribution in [0.25, 0.3) is 0 Å². The second-order valence-corrected chi connectivity index (χ2v) is 9.03. The van der Waals surface area contributed by atoms with Gasteiger partial charge in [-0.1, -0.05) is 26.2 Å². The molecule has 1 aromatic heterocycles. The van der Waals surface area contributed by atoms with Crippen molar-refractivity contribution >= 4 is 23.5 Å². The average molecular weight is 458 g/mol. The summed E-state index contributed by atoms with van der Waals surface area (Å²) in [6.07, 6.45) is 9.67. The molecule has 9 heteroatoms. The van der Waals surface area contributed by atoms with Gasteiger partial charge in [-0.3, -0.25) is 0 Å². The molecule has 0 bridgehead atoms. The highest BCUT2D eigenvalue weighted by Gasteiger charge is 2.24. The minimum atomic E-state index is -0.441. The van der Waals surface area contributed by atoms with Crippen LogP contribution >= 0.6 is 0 Å². The number of benzene rings is 1. The van der Waals surface area contributed by atoms with Gasteiger partial charge in [-0.2, -0.15) is 15.0 Å². The molecule has 33 heavy (non-hydrogen) atoms. The molecule has 8 nitrogen and oxygen atoms in total. The molecule has 180 valence electrons. The molecule has 2 aromatic rings. The fourth-order valence-electron chi connectivity index (χ4n) is 4.78. The van der Waals surface area contributed by atoms with Crippen LogP contribution in [0.1, 0.15) is 58.3 Å². The van der Waals surface area contributed by atoms with Crippen molar-refractivity contribution in [3.05, 3.63) is 24.0 Å². The lowest BCUT2D eigenvalue weighted by molar-refractivity contribution is 0.373. The largest absolute Gasteiger partial charge is 0.494 e. The van der Waals surface area contributed by atoms with E-state index in [9.17, 15) is 4.39 Å². The van der Waals surface area contributed by atoms with Gasteiger partial charge in [-0.25, -0.2) is 4.39 Å². The molecule has 1 saturated carbocycles. The number of halogens is 1. The van der Waals surface area contributed by atoms with Gasteiger partial charge in [0.05, 0.1) is 7.11 Å². The van der Waals surface area contributed by atoms with Gasteiger partial charge in [0.15, 0.2) is 11.6 Å². The minimum Gasteiger partial charge on any atom is -0.494 e. The smallest absolute Gasteiger partial charge is 0.233 e. The van der Waals surface area contributed by atoms with Crippen molar-refractivity contribution < 1.29 is 9.13 Å². The molecule has 0 amide bonds. The van der Waals surface area contributed by atoms with Crippen LogP contribution in [0.15, 0.2) is 18.2 Å². The Hall–Kier alpha value is -2.68. The third kappa shape index (κ3) is 6.43. The predicted octanol–water partition coefficient (Wildman–Crippen LogP) is 4.70. The van der Waals surface area contributed by atoms with Crippen LogP contribution < -0.4 is 26.0 Å². The molecule has 0 spiro atoms. The lowest BCUT2D eigenvalue weighted by Crippen LogP contribution is -2.40. The van der Waals surface area contributed by atoms with Gasteiger partial charge < -0.3 is 26.0 Å². The molecule has 2 atom stereocenters. The van der Waals surface area contributed by atoms with Crippen LogP contribution in [0.2, 0.25) is 0 Å². The van der Waals surface area contributed by atoms with E-state index in [2.05, 4.69) is 43.1 Å². The Morgan fingerprint density at radius 2 is 1.85 bits per heavy atom. The molecule has 4 N–H and O–H groups in total. The Bertz CT molecular complexity index is 900. The van der Waals surface area contributed by atoms with E-state index in [0.717, 1.165) is 25.9 Å². The summed E-state index contributed by atoms with van der Waals surface area (Å²) >= 11 is 0.